The molecule has 2 aliphatic heterocycles. The van der Waals surface area contributed by atoms with Crippen molar-refractivity contribution < 1.29 is 14.3 Å². The van der Waals surface area contributed by atoms with Gasteiger partial charge < -0.3 is 19.1 Å². The largest absolute Gasteiger partial charge is 0.368 e. The number of likely N-dealkylation sites (N-methyl/N-ethyl adjacent to an activating group) is 1. The summed E-state index contributed by atoms with van der Waals surface area (Å²) in [5.41, 5.74) is 0.468. The third-order valence-electron chi connectivity index (χ3n) is 4.23. The Kier molecular flexibility index (Phi) is 3.67. The summed E-state index contributed by atoms with van der Waals surface area (Å²) in [7, 11) is 3.63. The minimum Gasteiger partial charge on any atom is -0.368 e. The van der Waals surface area contributed by atoms with E-state index >= 15 is 0 Å². The first-order valence-corrected chi connectivity index (χ1v) is 7.17. The molecule has 0 bridgehead atoms. The van der Waals surface area contributed by atoms with Gasteiger partial charge in [-0.05, 0) is 6.42 Å². The van der Waals surface area contributed by atoms with E-state index in [1.165, 1.54) is 0 Å². The molecule has 0 saturated carbocycles. The molecule has 0 radical (unpaired) electrons. The molecule has 0 spiro atoms. The molecule has 1 aromatic heterocycles. The minimum atomic E-state index is -0.0488. The topological polar surface area (TPSA) is 67.7 Å². The van der Waals surface area contributed by atoms with Crippen LogP contribution < -0.4 is 0 Å². The number of hydrogen-bond acceptors (Lipinski definition) is 4. The van der Waals surface area contributed by atoms with Gasteiger partial charge in [-0.1, -0.05) is 0 Å². The standard InChI is InChI=1S/C14H20N4O3/c1-16-7-11(15-9-16)14(20)18-4-3-12-10(6-18)5-17(2)13(19)8-21-12/h7,9-10,12H,3-6,8H2,1-2H3/t10-,12-/m0/s1. The summed E-state index contributed by atoms with van der Waals surface area (Å²) in [6.07, 6.45) is 4.19. The van der Waals surface area contributed by atoms with E-state index in [9.17, 15) is 9.59 Å². The van der Waals surface area contributed by atoms with Crippen molar-refractivity contribution in [3.63, 3.8) is 0 Å². The predicted octanol–water partition coefficient (Wildman–Crippen LogP) is -0.261. The van der Waals surface area contributed by atoms with Gasteiger partial charge in [-0.15, -0.1) is 0 Å². The smallest absolute Gasteiger partial charge is 0.274 e. The number of likely N-dealkylation sites (tertiary alicyclic amines) is 1. The van der Waals surface area contributed by atoms with Gasteiger partial charge in [0, 0.05) is 45.8 Å². The summed E-state index contributed by atoms with van der Waals surface area (Å²) in [5, 5.41) is 0. The molecular weight excluding hydrogens is 272 g/mol. The molecule has 7 nitrogen and oxygen atoms in total. The lowest BCUT2D eigenvalue weighted by Gasteiger charge is -2.37. The number of carbonyl (C=O) groups excluding carboxylic acids is 2. The highest BCUT2D eigenvalue weighted by Crippen LogP contribution is 2.24. The summed E-state index contributed by atoms with van der Waals surface area (Å²) in [5.74, 6) is 0.127. The van der Waals surface area contributed by atoms with E-state index in [0.29, 0.717) is 25.3 Å². The Labute approximate surface area is 123 Å². The molecule has 3 rings (SSSR count). The average Bonchev–Trinajstić information content (AvgIpc) is 2.85. The highest BCUT2D eigenvalue weighted by Gasteiger charge is 2.36. The first kappa shape index (κ1) is 14.1. The van der Waals surface area contributed by atoms with Gasteiger partial charge in [0.05, 0.1) is 12.4 Å². The number of nitrogens with zero attached hydrogens (tertiary/aromatic N) is 4. The number of carbonyl (C=O) groups is 2. The zero-order valence-corrected chi connectivity index (χ0v) is 12.4. The molecule has 0 N–H and O–H groups in total. The van der Waals surface area contributed by atoms with Gasteiger partial charge in [-0.2, -0.15) is 0 Å². The van der Waals surface area contributed by atoms with Crippen LogP contribution in [0.3, 0.4) is 0 Å². The summed E-state index contributed by atoms with van der Waals surface area (Å²) >= 11 is 0. The van der Waals surface area contributed by atoms with E-state index < -0.39 is 0 Å². The molecule has 2 amide bonds. The van der Waals surface area contributed by atoms with Gasteiger partial charge in [0.25, 0.3) is 5.91 Å². The maximum atomic E-state index is 12.4. The fraction of sp³-hybridized carbons (Fsp3) is 0.643. The van der Waals surface area contributed by atoms with Crippen LogP contribution in [0.5, 0.6) is 0 Å². The number of fused-ring (bicyclic) bond motifs is 1. The molecule has 0 aromatic carbocycles. The third kappa shape index (κ3) is 2.78. The summed E-state index contributed by atoms with van der Waals surface area (Å²) in [6, 6.07) is 0. The lowest BCUT2D eigenvalue weighted by molar-refractivity contribution is -0.133. The van der Waals surface area contributed by atoms with Crippen LogP contribution in [-0.2, 0) is 16.6 Å². The second-order valence-electron chi connectivity index (χ2n) is 5.85. The summed E-state index contributed by atoms with van der Waals surface area (Å²) < 4.78 is 7.44. The van der Waals surface area contributed by atoms with Crippen molar-refractivity contribution in [1.82, 2.24) is 19.4 Å². The van der Waals surface area contributed by atoms with Crippen LogP contribution in [0.15, 0.2) is 12.5 Å². The zero-order valence-electron chi connectivity index (χ0n) is 12.4. The van der Waals surface area contributed by atoms with Crippen LogP contribution in [0.4, 0.5) is 0 Å². The Morgan fingerprint density at radius 2 is 2.19 bits per heavy atom. The molecule has 2 fully saturated rings. The number of piperidine rings is 1. The maximum absolute atomic E-state index is 12.4. The zero-order chi connectivity index (χ0) is 15.0. The number of amides is 2. The molecule has 1 aromatic rings. The van der Waals surface area contributed by atoms with Crippen molar-refractivity contribution in [2.24, 2.45) is 13.0 Å². The molecule has 7 heteroatoms. The van der Waals surface area contributed by atoms with E-state index in [1.54, 1.807) is 29.0 Å². The minimum absolute atomic E-state index is 0.00648. The number of imidazole rings is 1. The van der Waals surface area contributed by atoms with E-state index in [4.69, 9.17) is 4.74 Å². The van der Waals surface area contributed by atoms with Gasteiger partial charge in [0.2, 0.25) is 5.91 Å². The second kappa shape index (κ2) is 5.48. The molecule has 0 aliphatic carbocycles. The fourth-order valence-electron chi connectivity index (χ4n) is 3.02. The number of ether oxygens (including phenoxy) is 1. The van der Waals surface area contributed by atoms with Crippen LogP contribution in [0.1, 0.15) is 16.9 Å². The van der Waals surface area contributed by atoms with Gasteiger partial charge in [-0.25, -0.2) is 4.98 Å². The number of rotatable bonds is 1. The van der Waals surface area contributed by atoms with E-state index in [2.05, 4.69) is 4.98 Å². The monoisotopic (exact) mass is 292 g/mol. The molecule has 2 saturated heterocycles. The van der Waals surface area contributed by atoms with Crippen molar-refractivity contribution in [3.8, 4) is 0 Å². The van der Waals surface area contributed by atoms with Gasteiger partial charge in [-0.3, -0.25) is 9.59 Å². The van der Waals surface area contributed by atoms with Crippen molar-refractivity contribution in [3.05, 3.63) is 18.2 Å². The SMILES string of the molecule is CN1C[C@H]2CN(C(=O)c3cn(C)cn3)CC[C@@H]2OCC1=O. The first-order chi connectivity index (χ1) is 10.0. The quantitative estimate of drug-likeness (QED) is 0.715. The first-order valence-electron chi connectivity index (χ1n) is 7.17. The van der Waals surface area contributed by atoms with Crippen LogP contribution >= 0.6 is 0 Å². The van der Waals surface area contributed by atoms with Crippen molar-refractivity contribution in [2.45, 2.75) is 12.5 Å². The number of aromatic nitrogens is 2. The van der Waals surface area contributed by atoms with Crippen LogP contribution in [-0.4, -0.2) is 70.6 Å². The maximum Gasteiger partial charge on any atom is 0.274 e. The third-order valence-corrected chi connectivity index (χ3v) is 4.23. The number of aryl methyl sites for hydroxylation is 1. The normalized spacial score (nSPS) is 26.5. The van der Waals surface area contributed by atoms with Crippen molar-refractivity contribution in [1.29, 1.82) is 0 Å². The average molecular weight is 292 g/mol. The number of hydrogen-bond donors (Lipinski definition) is 0. The highest BCUT2D eigenvalue weighted by molar-refractivity contribution is 5.92. The van der Waals surface area contributed by atoms with Gasteiger partial charge in [0.1, 0.15) is 12.3 Å². The van der Waals surface area contributed by atoms with Crippen molar-refractivity contribution in [2.75, 3.05) is 33.3 Å². The fourth-order valence-corrected chi connectivity index (χ4v) is 3.02. The molecule has 0 unspecified atom stereocenters. The predicted molar refractivity (Wildman–Crippen MR) is 74.6 cm³/mol. The van der Waals surface area contributed by atoms with E-state index in [-0.39, 0.29) is 30.4 Å². The van der Waals surface area contributed by atoms with Crippen LogP contribution in [0.2, 0.25) is 0 Å². The van der Waals surface area contributed by atoms with Gasteiger partial charge in [0.15, 0.2) is 0 Å². The lowest BCUT2D eigenvalue weighted by Crippen LogP contribution is -2.48. The van der Waals surface area contributed by atoms with E-state index in [1.807, 2.05) is 11.9 Å². The Morgan fingerprint density at radius 1 is 1.38 bits per heavy atom. The lowest BCUT2D eigenvalue weighted by atomic mass is 9.94. The molecule has 2 atom stereocenters. The molecule has 21 heavy (non-hydrogen) atoms. The van der Waals surface area contributed by atoms with Crippen LogP contribution in [0.25, 0.3) is 0 Å². The molecule has 114 valence electrons. The Balaban J connectivity index is 1.70. The van der Waals surface area contributed by atoms with Crippen molar-refractivity contribution >= 4 is 11.8 Å². The summed E-state index contributed by atoms with van der Waals surface area (Å²) in [4.78, 5) is 31.8. The second-order valence-corrected chi connectivity index (χ2v) is 5.85. The Bertz CT molecular complexity index is 556. The van der Waals surface area contributed by atoms with Crippen LogP contribution in [0, 0.1) is 5.92 Å². The highest BCUT2D eigenvalue weighted by atomic mass is 16.5. The summed E-state index contributed by atoms with van der Waals surface area (Å²) in [6.45, 7) is 2.04. The van der Waals surface area contributed by atoms with Gasteiger partial charge >= 0.3 is 0 Å². The Morgan fingerprint density at radius 3 is 2.90 bits per heavy atom. The molecular formula is C14H20N4O3. The molecule has 3 heterocycles. The molecule has 2 aliphatic rings. The van der Waals surface area contributed by atoms with E-state index in [0.717, 1.165) is 6.42 Å². The Hall–Kier alpha value is -1.89.